The summed E-state index contributed by atoms with van der Waals surface area (Å²) in [5.41, 5.74) is 0.698. The first kappa shape index (κ1) is 16.6. The molecule has 130 valence electrons. The van der Waals surface area contributed by atoms with Crippen LogP contribution in [-0.4, -0.2) is 18.4 Å². The van der Waals surface area contributed by atoms with Crippen molar-refractivity contribution < 1.29 is 14.3 Å². The van der Waals surface area contributed by atoms with Crippen LogP contribution in [0.4, 0.5) is 5.69 Å². The first-order valence-corrected chi connectivity index (χ1v) is 8.74. The van der Waals surface area contributed by atoms with E-state index in [-0.39, 0.29) is 12.3 Å². The number of halogens is 1. The van der Waals surface area contributed by atoms with Gasteiger partial charge < -0.3 is 9.64 Å². The van der Waals surface area contributed by atoms with Crippen molar-refractivity contribution in [2.45, 2.75) is 6.42 Å². The normalized spacial score (nSPS) is 16.9. The zero-order chi connectivity index (χ0) is 18.1. The number of hydrogen-bond acceptors (Lipinski definition) is 3. The molecule has 0 saturated carbocycles. The van der Waals surface area contributed by atoms with Gasteiger partial charge in [-0.1, -0.05) is 48.0 Å². The van der Waals surface area contributed by atoms with Gasteiger partial charge >= 0.3 is 5.97 Å². The molecule has 1 fully saturated rings. The molecule has 4 rings (SSSR count). The Morgan fingerprint density at radius 1 is 1.00 bits per heavy atom. The van der Waals surface area contributed by atoms with Crippen molar-refractivity contribution in [1.82, 2.24) is 0 Å². The van der Waals surface area contributed by atoms with E-state index in [1.165, 1.54) is 0 Å². The number of rotatable bonds is 3. The summed E-state index contributed by atoms with van der Waals surface area (Å²) in [4.78, 5) is 26.4. The first-order chi connectivity index (χ1) is 12.6. The Morgan fingerprint density at radius 2 is 1.81 bits per heavy atom. The van der Waals surface area contributed by atoms with Gasteiger partial charge in [-0.25, -0.2) is 0 Å². The SMILES string of the molecule is O=C(Oc1ccc2ccccc2c1)[C@@H]1CC(=O)N(c2cccc(Cl)c2)C1. The summed E-state index contributed by atoms with van der Waals surface area (Å²) in [6.07, 6.45) is 0.138. The molecule has 0 radical (unpaired) electrons. The Labute approximate surface area is 155 Å². The smallest absolute Gasteiger partial charge is 0.316 e. The molecule has 0 N–H and O–H groups in total. The van der Waals surface area contributed by atoms with E-state index in [0.717, 1.165) is 10.8 Å². The Kier molecular flexibility index (Phi) is 4.35. The highest BCUT2D eigenvalue weighted by Crippen LogP contribution is 2.29. The molecule has 0 bridgehead atoms. The molecule has 4 nitrogen and oxygen atoms in total. The number of carbonyl (C=O) groups excluding carboxylic acids is 2. The molecule has 3 aromatic carbocycles. The molecule has 1 saturated heterocycles. The maximum atomic E-state index is 12.5. The summed E-state index contributed by atoms with van der Waals surface area (Å²) < 4.78 is 5.52. The summed E-state index contributed by atoms with van der Waals surface area (Å²) in [5, 5.41) is 2.63. The van der Waals surface area contributed by atoms with Crippen LogP contribution >= 0.6 is 11.6 Å². The number of carbonyl (C=O) groups is 2. The topological polar surface area (TPSA) is 46.6 Å². The third kappa shape index (κ3) is 3.28. The number of ether oxygens (including phenoxy) is 1. The van der Waals surface area contributed by atoms with Crippen molar-refractivity contribution in [2.24, 2.45) is 5.92 Å². The van der Waals surface area contributed by atoms with Crippen LogP contribution in [0.2, 0.25) is 5.02 Å². The molecule has 1 atom stereocenters. The van der Waals surface area contributed by atoms with E-state index >= 15 is 0 Å². The number of amides is 1. The van der Waals surface area contributed by atoms with Crippen molar-refractivity contribution >= 4 is 39.9 Å². The average Bonchev–Trinajstić information content (AvgIpc) is 3.03. The Hall–Kier alpha value is -2.85. The lowest BCUT2D eigenvalue weighted by Crippen LogP contribution is -2.27. The maximum Gasteiger partial charge on any atom is 0.316 e. The summed E-state index contributed by atoms with van der Waals surface area (Å²) in [7, 11) is 0. The molecule has 1 amide bonds. The molecule has 3 aromatic rings. The molecular formula is C21H16ClNO3. The molecule has 1 aliphatic heterocycles. The maximum absolute atomic E-state index is 12.5. The lowest BCUT2D eigenvalue weighted by molar-refractivity contribution is -0.139. The lowest BCUT2D eigenvalue weighted by Gasteiger charge is -2.16. The van der Waals surface area contributed by atoms with Crippen molar-refractivity contribution in [1.29, 1.82) is 0 Å². The van der Waals surface area contributed by atoms with Crippen LogP contribution in [0.1, 0.15) is 6.42 Å². The van der Waals surface area contributed by atoms with Crippen LogP contribution in [0.3, 0.4) is 0 Å². The molecule has 26 heavy (non-hydrogen) atoms. The highest BCUT2D eigenvalue weighted by atomic mass is 35.5. The van der Waals surface area contributed by atoms with Gasteiger partial charge in [-0.2, -0.15) is 0 Å². The van der Waals surface area contributed by atoms with E-state index in [2.05, 4.69) is 0 Å². The van der Waals surface area contributed by atoms with Crippen molar-refractivity contribution in [2.75, 3.05) is 11.4 Å². The number of fused-ring (bicyclic) bond motifs is 1. The van der Waals surface area contributed by atoms with Crippen molar-refractivity contribution in [3.63, 3.8) is 0 Å². The van der Waals surface area contributed by atoms with E-state index in [1.807, 2.05) is 36.4 Å². The van der Waals surface area contributed by atoms with Gasteiger partial charge in [-0.15, -0.1) is 0 Å². The van der Waals surface area contributed by atoms with Crippen molar-refractivity contribution in [3.05, 3.63) is 71.8 Å². The van der Waals surface area contributed by atoms with E-state index in [0.29, 0.717) is 23.0 Å². The molecule has 5 heteroatoms. The predicted molar refractivity (Wildman–Crippen MR) is 101 cm³/mol. The van der Waals surface area contributed by atoms with Gasteiger partial charge in [-0.05, 0) is 41.1 Å². The highest BCUT2D eigenvalue weighted by molar-refractivity contribution is 6.31. The van der Waals surface area contributed by atoms with E-state index in [4.69, 9.17) is 16.3 Å². The standard InChI is InChI=1S/C21H16ClNO3/c22-17-6-3-7-18(12-17)23-13-16(11-20(23)24)21(25)26-19-9-8-14-4-1-2-5-15(14)10-19/h1-10,12,16H,11,13H2/t16-/m1/s1. The minimum Gasteiger partial charge on any atom is -0.426 e. The second kappa shape index (κ2) is 6.81. The Morgan fingerprint density at radius 3 is 2.62 bits per heavy atom. The highest BCUT2D eigenvalue weighted by Gasteiger charge is 2.36. The second-order valence-corrected chi connectivity index (χ2v) is 6.75. The van der Waals surface area contributed by atoms with E-state index in [9.17, 15) is 9.59 Å². The van der Waals surface area contributed by atoms with Crippen LogP contribution in [0.5, 0.6) is 5.75 Å². The fourth-order valence-corrected chi connectivity index (χ4v) is 3.37. The summed E-state index contributed by atoms with van der Waals surface area (Å²) >= 11 is 6.00. The molecule has 0 aliphatic carbocycles. The molecule has 0 aromatic heterocycles. The molecule has 1 aliphatic rings. The summed E-state index contributed by atoms with van der Waals surface area (Å²) in [5.74, 6) is -0.499. The first-order valence-electron chi connectivity index (χ1n) is 8.36. The van der Waals surface area contributed by atoms with Gasteiger partial charge in [0.05, 0.1) is 5.92 Å². The number of anilines is 1. The minimum atomic E-state index is -0.493. The monoisotopic (exact) mass is 365 g/mol. The number of esters is 1. The van der Waals surface area contributed by atoms with Gasteiger partial charge in [0.1, 0.15) is 5.75 Å². The lowest BCUT2D eigenvalue weighted by atomic mass is 10.1. The Bertz CT molecular complexity index is 1000. The van der Waals surface area contributed by atoms with Gasteiger partial charge in [0.15, 0.2) is 0 Å². The van der Waals surface area contributed by atoms with Crippen LogP contribution in [0.25, 0.3) is 10.8 Å². The molecule has 0 spiro atoms. The van der Waals surface area contributed by atoms with Crippen LogP contribution < -0.4 is 9.64 Å². The predicted octanol–water partition coefficient (Wildman–Crippen LogP) is 4.45. The van der Waals surface area contributed by atoms with E-state index < -0.39 is 11.9 Å². The van der Waals surface area contributed by atoms with Crippen LogP contribution in [0.15, 0.2) is 66.7 Å². The van der Waals surface area contributed by atoms with Crippen molar-refractivity contribution in [3.8, 4) is 5.75 Å². The van der Waals surface area contributed by atoms with Crippen LogP contribution in [-0.2, 0) is 9.59 Å². The fraction of sp³-hybridized carbons (Fsp3) is 0.143. The quantitative estimate of drug-likeness (QED) is 0.509. The Balaban J connectivity index is 1.49. The van der Waals surface area contributed by atoms with Gasteiger partial charge in [0.2, 0.25) is 5.91 Å². The largest absolute Gasteiger partial charge is 0.426 e. The number of hydrogen-bond donors (Lipinski definition) is 0. The third-order valence-electron chi connectivity index (χ3n) is 4.52. The second-order valence-electron chi connectivity index (χ2n) is 6.32. The summed E-state index contributed by atoms with van der Waals surface area (Å²) in [6, 6.07) is 20.4. The van der Waals surface area contributed by atoms with Gasteiger partial charge in [-0.3, -0.25) is 9.59 Å². The van der Waals surface area contributed by atoms with Gasteiger partial charge in [0, 0.05) is 23.7 Å². The van der Waals surface area contributed by atoms with Gasteiger partial charge in [0.25, 0.3) is 0 Å². The minimum absolute atomic E-state index is 0.104. The molecule has 0 unspecified atom stereocenters. The fourth-order valence-electron chi connectivity index (χ4n) is 3.19. The summed E-state index contributed by atoms with van der Waals surface area (Å²) in [6.45, 7) is 0.297. The average molecular weight is 366 g/mol. The molecule has 1 heterocycles. The third-order valence-corrected chi connectivity index (χ3v) is 4.75. The number of benzene rings is 3. The molecular weight excluding hydrogens is 350 g/mol. The van der Waals surface area contributed by atoms with Crippen LogP contribution in [0, 0.1) is 5.92 Å². The zero-order valence-corrected chi connectivity index (χ0v) is 14.6. The zero-order valence-electron chi connectivity index (χ0n) is 13.9. The number of nitrogens with zero attached hydrogens (tertiary/aromatic N) is 1. The van der Waals surface area contributed by atoms with E-state index in [1.54, 1.807) is 35.2 Å².